The first-order valence-corrected chi connectivity index (χ1v) is 7.38. The molecule has 2 atom stereocenters. The Hall–Kier alpha value is -1.36. The molecule has 0 bridgehead atoms. The van der Waals surface area contributed by atoms with Crippen molar-refractivity contribution >= 4 is 33.5 Å². The van der Waals surface area contributed by atoms with Crippen molar-refractivity contribution in [2.24, 2.45) is 5.92 Å². The summed E-state index contributed by atoms with van der Waals surface area (Å²) in [5.74, 6) is -0.765. The Morgan fingerprint density at radius 2 is 2.15 bits per heavy atom. The van der Waals surface area contributed by atoms with Crippen LogP contribution in [-0.2, 0) is 19.7 Å². The summed E-state index contributed by atoms with van der Waals surface area (Å²) in [6.45, 7) is 5.50. The molecule has 1 heterocycles. The number of carbonyl (C=O) groups is 2. The number of amides is 1. The van der Waals surface area contributed by atoms with Crippen molar-refractivity contribution in [3.8, 4) is 0 Å². The molecule has 1 fully saturated rings. The second-order valence-electron chi connectivity index (χ2n) is 6.41. The minimum Gasteiger partial charge on any atom is -0.460 e. The number of halogens is 1. The quantitative estimate of drug-likeness (QED) is 0.801. The molecule has 0 unspecified atom stereocenters. The molecule has 1 aromatic carbocycles. The maximum Gasteiger partial charge on any atom is 0.310 e. The van der Waals surface area contributed by atoms with Gasteiger partial charge in [-0.25, -0.2) is 0 Å². The van der Waals surface area contributed by atoms with Crippen molar-refractivity contribution in [2.75, 3.05) is 5.32 Å². The highest BCUT2D eigenvalue weighted by molar-refractivity contribution is 9.10. The van der Waals surface area contributed by atoms with E-state index < -0.39 is 11.0 Å². The van der Waals surface area contributed by atoms with E-state index in [2.05, 4.69) is 21.2 Å². The number of benzene rings is 1. The standard InChI is InChI=1S/C15H16BrNO3/c1-14(2,3)20-12(18)10-7-15(10)9-6-8(16)4-5-11(9)17-13(15)19/h4-6,10H,7H2,1-3H3,(H,17,19)/t10-,15-/m1/s1. The Morgan fingerprint density at radius 1 is 1.45 bits per heavy atom. The lowest BCUT2D eigenvalue weighted by Crippen LogP contribution is -2.29. The van der Waals surface area contributed by atoms with Gasteiger partial charge < -0.3 is 10.1 Å². The number of rotatable bonds is 1. The minimum atomic E-state index is -0.721. The van der Waals surface area contributed by atoms with Crippen LogP contribution in [-0.4, -0.2) is 17.5 Å². The fourth-order valence-electron chi connectivity index (χ4n) is 2.82. The van der Waals surface area contributed by atoms with Crippen molar-refractivity contribution in [1.82, 2.24) is 0 Å². The predicted molar refractivity (Wildman–Crippen MR) is 78.4 cm³/mol. The largest absolute Gasteiger partial charge is 0.460 e. The summed E-state index contributed by atoms with van der Waals surface area (Å²) in [4.78, 5) is 24.5. The predicted octanol–water partition coefficient (Wildman–Crippen LogP) is 3.00. The highest BCUT2D eigenvalue weighted by atomic mass is 79.9. The number of carbonyl (C=O) groups excluding carboxylic acids is 2. The van der Waals surface area contributed by atoms with Gasteiger partial charge in [-0.3, -0.25) is 9.59 Å². The maximum absolute atomic E-state index is 12.3. The Morgan fingerprint density at radius 3 is 2.80 bits per heavy atom. The first-order chi connectivity index (χ1) is 9.24. The normalized spacial score (nSPS) is 27.2. The first kappa shape index (κ1) is 13.6. The zero-order chi connectivity index (χ0) is 14.7. The highest BCUT2D eigenvalue weighted by Gasteiger charge is 2.68. The van der Waals surface area contributed by atoms with Gasteiger partial charge in [0, 0.05) is 10.2 Å². The SMILES string of the molecule is CC(C)(C)OC(=O)[C@H]1C[C@]12C(=O)Nc1ccc(Br)cc12. The molecule has 106 valence electrons. The molecule has 0 radical (unpaired) electrons. The molecule has 1 amide bonds. The lowest BCUT2D eigenvalue weighted by molar-refractivity contribution is -0.157. The lowest BCUT2D eigenvalue weighted by Gasteiger charge is -2.20. The molecule has 1 aromatic rings. The molecule has 2 aliphatic rings. The van der Waals surface area contributed by atoms with Crippen LogP contribution in [0.15, 0.2) is 22.7 Å². The molecule has 1 spiro atoms. The van der Waals surface area contributed by atoms with Crippen molar-refractivity contribution in [2.45, 2.75) is 38.2 Å². The van der Waals surface area contributed by atoms with E-state index in [-0.39, 0.29) is 17.8 Å². The van der Waals surface area contributed by atoms with Crippen LogP contribution in [0.3, 0.4) is 0 Å². The van der Waals surface area contributed by atoms with Crippen LogP contribution in [0.4, 0.5) is 5.69 Å². The van der Waals surface area contributed by atoms with Gasteiger partial charge in [0.1, 0.15) is 5.60 Å². The zero-order valence-corrected chi connectivity index (χ0v) is 13.2. The average Bonchev–Trinajstić information content (AvgIpc) is 2.99. The monoisotopic (exact) mass is 337 g/mol. The van der Waals surface area contributed by atoms with Crippen LogP contribution in [0.1, 0.15) is 32.8 Å². The number of anilines is 1. The smallest absolute Gasteiger partial charge is 0.310 e. The van der Waals surface area contributed by atoms with Gasteiger partial charge in [-0.1, -0.05) is 15.9 Å². The lowest BCUT2D eigenvalue weighted by atomic mass is 9.95. The molecular formula is C15H16BrNO3. The molecule has 1 saturated carbocycles. The average molecular weight is 338 g/mol. The van der Waals surface area contributed by atoms with Crippen molar-refractivity contribution in [3.63, 3.8) is 0 Å². The summed E-state index contributed by atoms with van der Waals surface area (Å²) < 4.78 is 6.32. The van der Waals surface area contributed by atoms with Gasteiger partial charge in [0.05, 0.1) is 11.3 Å². The topological polar surface area (TPSA) is 55.4 Å². The number of nitrogens with one attached hydrogen (secondary N) is 1. The van der Waals surface area contributed by atoms with E-state index >= 15 is 0 Å². The maximum atomic E-state index is 12.3. The molecular weight excluding hydrogens is 322 g/mol. The van der Waals surface area contributed by atoms with Crippen LogP contribution >= 0.6 is 15.9 Å². The van der Waals surface area contributed by atoms with Crippen LogP contribution in [0.5, 0.6) is 0 Å². The fourth-order valence-corrected chi connectivity index (χ4v) is 3.18. The van der Waals surface area contributed by atoms with Crippen LogP contribution in [0, 0.1) is 5.92 Å². The van der Waals surface area contributed by atoms with E-state index in [0.29, 0.717) is 6.42 Å². The summed E-state index contributed by atoms with van der Waals surface area (Å²) in [5, 5.41) is 2.86. The summed E-state index contributed by atoms with van der Waals surface area (Å²) in [6.07, 6.45) is 0.525. The second kappa shape index (κ2) is 4.07. The van der Waals surface area contributed by atoms with Gasteiger partial charge >= 0.3 is 5.97 Å². The third kappa shape index (κ3) is 1.95. The Kier molecular flexibility index (Phi) is 2.77. The van der Waals surface area contributed by atoms with Crippen molar-refractivity contribution in [1.29, 1.82) is 0 Å². The summed E-state index contributed by atoms with van der Waals surface area (Å²) in [5.41, 5.74) is 0.439. The van der Waals surface area contributed by atoms with Gasteiger partial charge in [-0.05, 0) is 51.0 Å². The van der Waals surface area contributed by atoms with E-state index in [1.807, 2.05) is 39.0 Å². The van der Waals surface area contributed by atoms with Gasteiger partial charge in [-0.15, -0.1) is 0 Å². The number of esters is 1. The molecule has 1 aliphatic heterocycles. The minimum absolute atomic E-state index is 0.0959. The summed E-state index contributed by atoms with van der Waals surface area (Å²) >= 11 is 3.41. The number of ether oxygens (including phenoxy) is 1. The Labute approximate surface area is 126 Å². The number of hydrogen-bond acceptors (Lipinski definition) is 3. The van der Waals surface area contributed by atoms with E-state index in [1.165, 1.54) is 0 Å². The molecule has 20 heavy (non-hydrogen) atoms. The zero-order valence-electron chi connectivity index (χ0n) is 11.6. The van der Waals surface area contributed by atoms with E-state index in [4.69, 9.17) is 4.74 Å². The summed E-state index contributed by atoms with van der Waals surface area (Å²) in [7, 11) is 0. The number of fused-ring (bicyclic) bond motifs is 2. The second-order valence-corrected chi connectivity index (χ2v) is 7.32. The number of hydrogen-bond donors (Lipinski definition) is 1. The van der Waals surface area contributed by atoms with Crippen LogP contribution < -0.4 is 5.32 Å². The van der Waals surface area contributed by atoms with E-state index in [0.717, 1.165) is 15.7 Å². The Bertz CT molecular complexity index is 620. The van der Waals surface area contributed by atoms with Gasteiger partial charge in [-0.2, -0.15) is 0 Å². The van der Waals surface area contributed by atoms with Crippen LogP contribution in [0.25, 0.3) is 0 Å². The molecule has 4 nitrogen and oxygen atoms in total. The third-order valence-corrected chi connectivity index (χ3v) is 4.26. The molecule has 5 heteroatoms. The molecule has 0 aromatic heterocycles. The van der Waals surface area contributed by atoms with Gasteiger partial charge in [0.2, 0.25) is 5.91 Å². The van der Waals surface area contributed by atoms with Gasteiger partial charge in [0.25, 0.3) is 0 Å². The van der Waals surface area contributed by atoms with E-state index in [1.54, 1.807) is 0 Å². The summed E-state index contributed by atoms with van der Waals surface area (Å²) in [6, 6.07) is 5.65. The molecule has 1 N–H and O–H groups in total. The Balaban J connectivity index is 1.92. The molecule has 3 rings (SSSR count). The van der Waals surface area contributed by atoms with Crippen molar-refractivity contribution in [3.05, 3.63) is 28.2 Å². The van der Waals surface area contributed by atoms with E-state index in [9.17, 15) is 9.59 Å². The fraction of sp³-hybridized carbons (Fsp3) is 0.467. The van der Waals surface area contributed by atoms with Crippen LogP contribution in [0.2, 0.25) is 0 Å². The first-order valence-electron chi connectivity index (χ1n) is 6.58. The molecule has 1 aliphatic carbocycles. The third-order valence-electron chi connectivity index (χ3n) is 3.77. The van der Waals surface area contributed by atoms with Gasteiger partial charge in [0.15, 0.2) is 0 Å². The van der Waals surface area contributed by atoms with Crippen molar-refractivity contribution < 1.29 is 14.3 Å². The highest BCUT2D eigenvalue weighted by Crippen LogP contribution is 2.60. The molecule has 0 saturated heterocycles.